The normalized spacial score (nSPS) is 12.6. The SMILES string of the molecule is CCS(=O)(=O)c1cccc(CC(=O)NCC(OC)C(=O)O)c1. The minimum Gasteiger partial charge on any atom is -0.479 e. The molecule has 0 saturated carbocycles. The number of carbonyl (C=O) groups is 2. The molecule has 1 aromatic carbocycles. The highest BCUT2D eigenvalue weighted by atomic mass is 32.2. The lowest BCUT2D eigenvalue weighted by Gasteiger charge is -2.11. The summed E-state index contributed by atoms with van der Waals surface area (Å²) in [4.78, 5) is 22.7. The van der Waals surface area contributed by atoms with Gasteiger partial charge in [0.1, 0.15) is 0 Å². The van der Waals surface area contributed by atoms with Gasteiger partial charge in [0.05, 0.1) is 23.6 Å². The van der Waals surface area contributed by atoms with E-state index < -0.39 is 27.8 Å². The van der Waals surface area contributed by atoms with Crippen molar-refractivity contribution in [1.29, 1.82) is 0 Å². The number of hydrogen-bond acceptors (Lipinski definition) is 5. The van der Waals surface area contributed by atoms with E-state index in [9.17, 15) is 18.0 Å². The van der Waals surface area contributed by atoms with Gasteiger partial charge in [-0.05, 0) is 17.7 Å². The molecular formula is C14H19NO6S. The zero-order valence-electron chi connectivity index (χ0n) is 12.4. The molecule has 0 aliphatic carbocycles. The Balaban J connectivity index is 2.69. The summed E-state index contributed by atoms with van der Waals surface area (Å²) in [6, 6.07) is 6.13. The molecule has 0 aliphatic heterocycles. The number of carboxylic acids is 1. The first-order chi connectivity index (χ1) is 10.3. The lowest BCUT2D eigenvalue weighted by molar-refractivity contribution is -0.148. The van der Waals surface area contributed by atoms with Crippen LogP contribution in [0.1, 0.15) is 12.5 Å². The van der Waals surface area contributed by atoms with Crippen molar-refractivity contribution in [2.45, 2.75) is 24.3 Å². The fraction of sp³-hybridized carbons (Fsp3) is 0.429. The third-order valence-corrected chi connectivity index (χ3v) is 4.78. The quantitative estimate of drug-likeness (QED) is 0.707. The third kappa shape index (κ3) is 5.12. The van der Waals surface area contributed by atoms with E-state index in [-0.39, 0.29) is 23.6 Å². The maximum atomic E-state index is 11.8. The van der Waals surface area contributed by atoms with Crippen LogP contribution in [0.25, 0.3) is 0 Å². The largest absolute Gasteiger partial charge is 0.479 e. The van der Waals surface area contributed by atoms with E-state index in [1.54, 1.807) is 19.1 Å². The fourth-order valence-electron chi connectivity index (χ4n) is 1.74. The molecule has 7 nitrogen and oxygen atoms in total. The van der Waals surface area contributed by atoms with Crippen LogP contribution in [0.5, 0.6) is 0 Å². The Morgan fingerprint density at radius 2 is 2.05 bits per heavy atom. The van der Waals surface area contributed by atoms with Crippen LogP contribution < -0.4 is 5.32 Å². The second-order valence-corrected chi connectivity index (χ2v) is 6.87. The lowest BCUT2D eigenvalue weighted by Crippen LogP contribution is -2.38. The lowest BCUT2D eigenvalue weighted by atomic mass is 10.1. The smallest absolute Gasteiger partial charge is 0.334 e. The third-order valence-electron chi connectivity index (χ3n) is 3.05. The molecule has 0 spiro atoms. The van der Waals surface area contributed by atoms with Gasteiger partial charge in [-0.3, -0.25) is 4.79 Å². The highest BCUT2D eigenvalue weighted by molar-refractivity contribution is 7.91. The first-order valence-electron chi connectivity index (χ1n) is 6.64. The number of aliphatic carboxylic acids is 1. The molecule has 0 aromatic heterocycles. The van der Waals surface area contributed by atoms with Gasteiger partial charge in [-0.15, -0.1) is 0 Å². The summed E-state index contributed by atoms with van der Waals surface area (Å²) in [7, 11) is -2.09. The Hall–Kier alpha value is -1.93. The van der Waals surface area contributed by atoms with Crippen LogP contribution in [0.2, 0.25) is 0 Å². The van der Waals surface area contributed by atoms with Crippen molar-refractivity contribution in [3.8, 4) is 0 Å². The van der Waals surface area contributed by atoms with Crippen LogP contribution in [-0.2, 0) is 30.6 Å². The summed E-state index contributed by atoms with van der Waals surface area (Å²) in [5.74, 6) is -1.59. The van der Waals surface area contributed by atoms with Gasteiger partial charge in [0, 0.05) is 7.11 Å². The van der Waals surface area contributed by atoms with E-state index in [0.29, 0.717) is 5.56 Å². The molecule has 1 aromatic rings. The molecule has 0 heterocycles. The molecule has 22 heavy (non-hydrogen) atoms. The topological polar surface area (TPSA) is 110 Å². The van der Waals surface area contributed by atoms with E-state index in [1.807, 2.05) is 0 Å². The predicted octanol–water partition coefficient (Wildman–Crippen LogP) is 0.239. The number of carbonyl (C=O) groups excluding carboxylic acids is 1. The molecule has 2 N–H and O–H groups in total. The summed E-state index contributed by atoms with van der Waals surface area (Å²) in [5.41, 5.74) is 0.538. The van der Waals surface area contributed by atoms with Gasteiger partial charge >= 0.3 is 5.97 Å². The summed E-state index contributed by atoms with van der Waals surface area (Å²) in [5, 5.41) is 11.2. The molecule has 0 fully saturated rings. The molecular weight excluding hydrogens is 310 g/mol. The molecule has 8 heteroatoms. The Labute approximate surface area is 129 Å². The first kappa shape index (κ1) is 18.1. The number of hydrogen-bond donors (Lipinski definition) is 2. The number of methoxy groups -OCH3 is 1. The van der Waals surface area contributed by atoms with Crippen molar-refractivity contribution in [2.75, 3.05) is 19.4 Å². The molecule has 0 radical (unpaired) electrons. The monoisotopic (exact) mass is 329 g/mol. The number of rotatable bonds is 8. The van der Waals surface area contributed by atoms with Crippen molar-refractivity contribution in [3.63, 3.8) is 0 Å². The minimum absolute atomic E-state index is 0.0171. The Bertz CT molecular complexity index is 640. The predicted molar refractivity (Wildman–Crippen MR) is 79.3 cm³/mol. The van der Waals surface area contributed by atoms with Crippen molar-refractivity contribution < 1.29 is 27.9 Å². The van der Waals surface area contributed by atoms with Crippen LogP contribution in [-0.4, -0.2) is 50.9 Å². The standard InChI is InChI=1S/C14H19NO6S/c1-3-22(19,20)11-6-4-5-10(7-11)8-13(16)15-9-12(21-2)14(17)18/h4-7,12H,3,8-9H2,1-2H3,(H,15,16)(H,17,18). The van der Waals surface area contributed by atoms with Crippen molar-refractivity contribution in [2.24, 2.45) is 0 Å². The summed E-state index contributed by atoms with van der Waals surface area (Å²) < 4.78 is 28.3. The second kappa shape index (κ2) is 7.90. The van der Waals surface area contributed by atoms with Crippen LogP contribution in [0.15, 0.2) is 29.2 Å². The Kier molecular flexibility index (Phi) is 6.51. The van der Waals surface area contributed by atoms with E-state index in [4.69, 9.17) is 9.84 Å². The minimum atomic E-state index is -3.33. The van der Waals surface area contributed by atoms with Gasteiger partial charge in [0.25, 0.3) is 0 Å². The van der Waals surface area contributed by atoms with Crippen LogP contribution >= 0.6 is 0 Å². The van der Waals surface area contributed by atoms with Crippen molar-refractivity contribution in [1.82, 2.24) is 5.32 Å². The summed E-state index contributed by atoms with van der Waals surface area (Å²) >= 11 is 0. The second-order valence-electron chi connectivity index (χ2n) is 4.59. The fourth-order valence-corrected chi connectivity index (χ4v) is 2.69. The van der Waals surface area contributed by atoms with E-state index in [0.717, 1.165) is 0 Å². The number of ether oxygens (including phenoxy) is 1. The average molecular weight is 329 g/mol. The van der Waals surface area contributed by atoms with Gasteiger partial charge in [-0.1, -0.05) is 19.1 Å². The number of benzene rings is 1. The van der Waals surface area contributed by atoms with E-state index in [2.05, 4.69) is 5.32 Å². The molecule has 0 bridgehead atoms. The van der Waals surface area contributed by atoms with E-state index in [1.165, 1.54) is 19.2 Å². The molecule has 1 rings (SSSR count). The average Bonchev–Trinajstić information content (AvgIpc) is 2.47. The van der Waals surface area contributed by atoms with Gasteiger partial charge < -0.3 is 15.2 Å². The van der Waals surface area contributed by atoms with Gasteiger partial charge in [-0.2, -0.15) is 0 Å². The molecule has 1 atom stereocenters. The van der Waals surface area contributed by atoms with Gasteiger partial charge in [0.2, 0.25) is 5.91 Å². The highest BCUT2D eigenvalue weighted by Crippen LogP contribution is 2.13. The maximum Gasteiger partial charge on any atom is 0.334 e. The molecule has 1 amide bonds. The number of carboxylic acid groups (broad SMARTS) is 1. The van der Waals surface area contributed by atoms with Crippen LogP contribution in [0.4, 0.5) is 0 Å². The molecule has 122 valence electrons. The number of nitrogens with one attached hydrogen (secondary N) is 1. The summed E-state index contributed by atoms with van der Waals surface area (Å²) in [6.45, 7) is 1.39. The number of amides is 1. The zero-order chi connectivity index (χ0) is 16.8. The maximum absolute atomic E-state index is 11.8. The summed E-state index contributed by atoms with van der Waals surface area (Å²) in [6.07, 6.45) is -1.15. The Morgan fingerprint density at radius 1 is 1.36 bits per heavy atom. The van der Waals surface area contributed by atoms with Crippen LogP contribution in [0, 0.1) is 0 Å². The van der Waals surface area contributed by atoms with E-state index >= 15 is 0 Å². The molecule has 0 saturated heterocycles. The van der Waals surface area contributed by atoms with Crippen molar-refractivity contribution >= 4 is 21.7 Å². The molecule has 0 aliphatic rings. The zero-order valence-corrected chi connectivity index (χ0v) is 13.2. The Morgan fingerprint density at radius 3 is 2.59 bits per heavy atom. The van der Waals surface area contributed by atoms with Crippen LogP contribution in [0.3, 0.4) is 0 Å². The molecule has 1 unspecified atom stereocenters. The van der Waals surface area contributed by atoms with Crippen molar-refractivity contribution in [3.05, 3.63) is 29.8 Å². The van der Waals surface area contributed by atoms with Gasteiger partial charge in [-0.25, -0.2) is 13.2 Å². The first-order valence-corrected chi connectivity index (χ1v) is 8.29. The van der Waals surface area contributed by atoms with Gasteiger partial charge in [0.15, 0.2) is 15.9 Å². The number of sulfone groups is 1. The highest BCUT2D eigenvalue weighted by Gasteiger charge is 2.17.